The summed E-state index contributed by atoms with van der Waals surface area (Å²) in [5.74, 6) is -2.21. The first-order valence-electron chi connectivity index (χ1n) is 12.0. The van der Waals surface area contributed by atoms with Gasteiger partial charge in [-0.25, -0.2) is 10.9 Å². The fraction of sp³-hybridized carbons (Fsp3) is 0.0714. The molecule has 0 aromatic heterocycles. The number of hydrazone groups is 2. The zero-order valence-electron chi connectivity index (χ0n) is 21.5. The molecule has 0 spiro atoms. The van der Waals surface area contributed by atoms with E-state index >= 15 is 0 Å². The molecule has 4 rings (SSSR count). The van der Waals surface area contributed by atoms with Crippen LogP contribution in [0.25, 0.3) is 10.8 Å². The molecular formula is C28H21Br4N5O5. The van der Waals surface area contributed by atoms with Crippen molar-refractivity contribution in [1.82, 2.24) is 10.9 Å². The lowest BCUT2D eigenvalue weighted by Gasteiger charge is -2.17. The molecule has 42 heavy (non-hydrogen) atoms. The molecule has 1 atom stereocenters. The number of rotatable bonds is 8. The quantitative estimate of drug-likeness (QED) is 0.0687. The molecule has 0 heterocycles. The molecule has 216 valence electrons. The Kier molecular flexibility index (Phi) is 10.2. The molecule has 14 heteroatoms. The van der Waals surface area contributed by atoms with E-state index in [-0.39, 0.29) is 31.8 Å². The largest absolute Gasteiger partial charge is 0.506 e. The average Bonchev–Trinajstić information content (AvgIpc) is 2.98. The summed E-state index contributed by atoms with van der Waals surface area (Å²) >= 11 is 13.0. The fourth-order valence-electron chi connectivity index (χ4n) is 3.69. The zero-order chi connectivity index (χ0) is 30.6. The van der Waals surface area contributed by atoms with Gasteiger partial charge in [-0.05, 0) is 95.3 Å². The van der Waals surface area contributed by atoms with E-state index in [1.807, 2.05) is 30.3 Å². The van der Waals surface area contributed by atoms with Gasteiger partial charge >= 0.3 is 0 Å². The smallest absolute Gasteiger partial charge is 0.272 e. The molecule has 0 radical (unpaired) electrons. The second kappa shape index (κ2) is 13.7. The summed E-state index contributed by atoms with van der Waals surface area (Å²) in [6.45, 7) is 1.81. The van der Waals surface area contributed by atoms with Crippen molar-refractivity contribution < 1.29 is 24.9 Å². The number of benzene rings is 4. The second-order valence-electron chi connectivity index (χ2n) is 8.80. The van der Waals surface area contributed by atoms with Crippen molar-refractivity contribution in [3.63, 3.8) is 0 Å². The van der Waals surface area contributed by atoms with Gasteiger partial charge < -0.3 is 20.6 Å². The molecule has 0 saturated heterocycles. The van der Waals surface area contributed by atoms with Gasteiger partial charge in [-0.1, -0.05) is 46.3 Å². The van der Waals surface area contributed by atoms with Crippen LogP contribution in [0.4, 0.5) is 5.69 Å². The monoisotopic (exact) mass is 823 g/mol. The van der Waals surface area contributed by atoms with E-state index in [9.17, 15) is 24.9 Å². The van der Waals surface area contributed by atoms with Crippen LogP contribution in [0.2, 0.25) is 0 Å². The number of nitrogens with one attached hydrogen (secondary N) is 3. The maximum atomic E-state index is 13.2. The minimum Gasteiger partial charge on any atom is -0.506 e. The molecule has 0 aliphatic carbocycles. The second-order valence-corrected chi connectivity index (χ2v) is 12.1. The molecular weight excluding hydrogens is 806 g/mol. The number of phenolic OH excluding ortho intramolecular Hbond substituents is 3. The van der Waals surface area contributed by atoms with Crippen LogP contribution in [-0.2, 0) is 9.59 Å². The topological polar surface area (TPSA) is 156 Å². The van der Waals surface area contributed by atoms with Crippen LogP contribution in [0.1, 0.15) is 16.7 Å². The Morgan fingerprint density at radius 3 is 1.90 bits per heavy atom. The molecule has 0 aliphatic rings. The molecule has 0 bridgehead atoms. The van der Waals surface area contributed by atoms with Gasteiger partial charge in [0, 0.05) is 21.3 Å². The van der Waals surface area contributed by atoms with Crippen molar-refractivity contribution in [2.45, 2.75) is 13.0 Å². The number of hydrogen-bond acceptors (Lipinski definition) is 8. The summed E-state index contributed by atoms with van der Waals surface area (Å²) in [5, 5.41) is 43.1. The first kappa shape index (κ1) is 31.5. The van der Waals surface area contributed by atoms with Crippen molar-refractivity contribution in [3.8, 4) is 17.2 Å². The summed E-state index contributed by atoms with van der Waals surface area (Å²) in [5.41, 5.74) is 6.38. The van der Waals surface area contributed by atoms with Gasteiger partial charge in [0.25, 0.3) is 11.8 Å². The van der Waals surface area contributed by atoms with Crippen LogP contribution in [-0.4, -0.2) is 45.6 Å². The lowest BCUT2D eigenvalue weighted by Crippen LogP contribution is -2.47. The standard InChI is InChI=1S/C28H21Br4N5O5/c1-13-19(29)9-16(24(38)21(13)31)11-33-36-27(41)23(35-18-7-6-14-4-2-3-5-15(14)8-18)28(42)37-34-12-17-10-20(30)26(40)22(32)25(17)39/h2-12,23,35,38-40H,1H3,(H,36,41)(H,37,42)/b33-11-,34-12-. The number of anilines is 1. The highest BCUT2D eigenvalue weighted by atomic mass is 79.9. The molecule has 0 saturated carbocycles. The molecule has 2 amide bonds. The Morgan fingerprint density at radius 1 is 0.738 bits per heavy atom. The van der Waals surface area contributed by atoms with Gasteiger partial charge in [0.2, 0.25) is 0 Å². The van der Waals surface area contributed by atoms with Gasteiger partial charge in [0.05, 0.1) is 21.4 Å². The first-order chi connectivity index (χ1) is 20.0. The van der Waals surface area contributed by atoms with Crippen LogP contribution in [0.3, 0.4) is 0 Å². The molecule has 0 fully saturated rings. The number of hydrogen-bond donors (Lipinski definition) is 6. The summed E-state index contributed by atoms with van der Waals surface area (Å²) in [4.78, 5) is 26.3. The number of nitrogens with zero attached hydrogens (tertiary/aromatic N) is 2. The molecule has 4 aromatic carbocycles. The van der Waals surface area contributed by atoms with Crippen molar-refractivity contribution in [3.05, 3.63) is 89.2 Å². The average molecular weight is 827 g/mol. The number of fused-ring (bicyclic) bond motifs is 1. The Bertz CT molecular complexity index is 1680. The lowest BCUT2D eigenvalue weighted by molar-refractivity contribution is -0.130. The number of halogens is 4. The maximum absolute atomic E-state index is 13.2. The number of aromatic hydroxyl groups is 3. The van der Waals surface area contributed by atoms with Crippen molar-refractivity contribution >= 4 is 104 Å². The van der Waals surface area contributed by atoms with Gasteiger partial charge in [-0.2, -0.15) is 10.2 Å². The summed E-state index contributed by atoms with van der Waals surface area (Å²) in [7, 11) is 0. The van der Waals surface area contributed by atoms with Gasteiger partial charge in [-0.3, -0.25) is 9.59 Å². The van der Waals surface area contributed by atoms with Gasteiger partial charge in [-0.15, -0.1) is 0 Å². The third-order valence-electron chi connectivity index (χ3n) is 5.99. The van der Waals surface area contributed by atoms with E-state index < -0.39 is 17.9 Å². The van der Waals surface area contributed by atoms with E-state index in [2.05, 4.69) is 90.1 Å². The summed E-state index contributed by atoms with van der Waals surface area (Å²) in [6.07, 6.45) is 2.40. The summed E-state index contributed by atoms with van der Waals surface area (Å²) in [6, 6.07) is 14.5. The van der Waals surface area contributed by atoms with E-state index in [4.69, 9.17) is 0 Å². The highest BCUT2D eigenvalue weighted by Gasteiger charge is 2.27. The Balaban J connectivity index is 1.57. The number of carbonyl (C=O) groups is 2. The SMILES string of the molecule is Cc1c(Br)cc(/C=N\NC(=O)C(Nc2ccc3ccccc3c2)C(=O)N/N=C\c2cc(Br)c(O)c(Br)c2O)c(O)c1Br. The minimum atomic E-state index is -1.49. The van der Waals surface area contributed by atoms with Crippen LogP contribution >= 0.6 is 63.7 Å². The highest BCUT2D eigenvalue weighted by Crippen LogP contribution is 2.40. The number of phenols is 3. The van der Waals surface area contributed by atoms with Crippen molar-refractivity contribution in [2.24, 2.45) is 10.2 Å². The van der Waals surface area contributed by atoms with Crippen molar-refractivity contribution in [1.29, 1.82) is 0 Å². The third-order valence-corrected chi connectivity index (χ3v) is 9.14. The van der Waals surface area contributed by atoms with E-state index in [1.165, 1.54) is 12.3 Å². The van der Waals surface area contributed by atoms with E-state index in [0.29, 0.717) is 20.2 Å². The fourth-order valence-corrected chi connectivity index (χ4v) is 6.00. The Hall–Kier alpha value is -3.46. The van der Waals surface area contributed by atoms with Crippen LogP contribution in [0.5, 0.6) is 17.2 Å². The third kappa shape index (κ3) is 7.12. The van der Waals surface area contributed by atoms with Crippen LogP contribution in [0.15, 0.2) is 82.7 Å². The normalized spacial score (nSPS) is 12.1. The van der Waals surface area contributed by atoms with Crippen LogP contribution in [0, 0.1) is 6.92 Å². The minimum absolute atomic E-state index is 0.0383. The zero-order valence-corrected chi connectivity index (χ0v) is 27.8. The Morgan fingerprint density at radius 2 is 1.29 bits per heavy atom. The van der Waals surface area contributed by atoms with E-state index in [0.717, 1.165) is 22.6 Å². The highest BCUT2D eigenvalue weighted by molar-refractivity contribution is 9.11. The van der Waals surface area contributed by atoms with Crippen LogP contribution < -0.4 is 16.2 Å². The van der Waals surface area contributed by atoms with E-state index in [1.54, 1.807) is 25.1 Å². The molecule has 1 unspecified atom stereocenters. The predicted octanol–water partition coefficient (Wildman–Crippen LogP) is 6.40. The lowest BCUT2D eigenvalue weighted by atomic mass is 10.1. The maximum Gasteiger partial charge on any atom is 0.272 e. The Labute approximate surface area is 273 Å². The molecule has 10 nitrogen and oxygen atoms in total. The summed E-state index contributed by atoms with van der Waals surface area (Å²) < 4.78 is 1.51. The molecule has 0 aliphatic heterocycles. The predicted molar refractivity (Wildman–Crippen MR) is 176 cm³/mol. The van der Waals surface area contributed by atoms with Gasteiger partial charge in [0.1, 0.15) is 21.7 Å². The molecule has 4 aromatic rings. The first-order valence-corrected chi connectivity index (χ1v) is 15.1. The van der Waals surface area contributed by atoms with Crippen molar-refractivity contribution in [2.75, 3.05) is 5.32 Å². The molecule has 6 N–H and O–H groups in total. The number of amides is 2. The number of carbonyl (C=O) groups excluding carboxylic acids is 2. The van der Waals surface area contributed by atoms with Gasteiger partial charge in [0.15, 0.2) is 6.04 Å².